The maximum Gasteiger partial charge on any atom is 0.338 e. The molecule has 1 aliphatic heterocycles. The Balaban J connectivity index is 2.18. The Morgan fingerprint density at radius 2 is 1.88 bits per heavy atom. The summed E-state index contributed by atoms with van der Waals surface area (Å²) in [6.07, 6.45) is 0. The molecule has 4 nitrogen and oxygen atoms in total. The van der Waals surface area contributed by atoms with E-state index in [1.807, 2.05) is 36.4 Å². The van der Waals surface area contributed by atoms with Gasteiger partial charge in [0.15, 0.2) is 5.11 Å². The molecule has 0 aromatic heterocycles. The van der Waals surface area contributed by atoms with Crippen LogP contribution in [0.15, 0.2) is 54.1 Å². The third kappa shape index (κ3) is 3.85. The molecule has 0 fully saturated rings. The van der Waals surface area contributed by atoms with E-state index in [1.165, 1.54) is 0 Å². The molecule has 1 aliphatic rings. The van der Waals surface area contributed by atoms with Crippen LogP contribution in [0.4, 0.5) is 0 Å². The quantitative estimate of drug-likeness (QED) is 0.578. The number of halogens is 2. The molecule has 1 atom stereocenters. The average molecular weight is 407 g/mol. The molecule has 0 bridgehead atoms. The zero-order valence-corrected chi connectivity index (χ0v) is 16.2. The van der Waals surface area contributed by atoms with Crippen molar-refractivity contribution in [3.05, 3.63) is 75.3 Å². The lowest BCUT2D eigenvalue weighted by Gasteiger charge is -2.31. The molecule has 1 heterocycles. The minimum absolute atomic E-state index is 0.267. The third-order valence-electron chi connectivity index (χ3n) is 3.91. The van der Waals surface area contributed by atoms with Gasteiger partial charge in [-0.25, -0.2) is 4.79 Å². The maximum atomic E-state index is 12.8. The molecule has 134 valence electrons. The fourth-order valence-electron chi connectivity index (χ4n) is 2.77. The summed E-state index contributed by atoms with van der Waals surface area (Å²) in [7, 11) is 0. The predicted octanol–water partition coefficient (Wildman–Crippen LogP) is 4.49. The Morgan fingerprint density at radius 3 is 2.54 bits per heavy atom. The van der Waals surface area contributed by atoms with Gasteiger partial charge in [-0.2, -0.15) is 0 Å². The topological polar surface area (TPSA) is 50.4 Å². The maximum absolute atomic E-state index is 12.8. The van der Waals surface area contributed by atoms with Crippen molar-refractivity contribution in [1.82, 2.24) is 10.6 Å². The largest absolute Gasteiger partial charge is 0.463 e. The van der Waals surface area contributed by atoms with Gasteiger partial charge in [-0.3, -0.25) is 0 Å². The monoisotopic (exact) mass is 406 g/mol. The summed E-state index contributed by atoms with van der Waals surface area (Å²) in [5.74, 6) is -0.426. The summed E-state index contributed by atoms with van der Waals surface area (Å²) in [4.78, 5) is 12.8. The Labute approximate surface area is 167 Å². The lowest BCUT2D eigenvalue weighted by atomic mass is 9.93. The Hall–Kier alpha value is -2.08. The summed E-state index contributed by atoms with van der Waals surface area (Å²) >= 11 is 17.6. The van der Waals surface area contributed by atoms with Gasteiger partial charge in [-0.1, -0.05) is 59.6 Å². The van der Waals surface area contributed by atoms with Gasteiger partial charge >= 0.3 is 5.97 Å². The van der Waals surface area contributed by atoms with Crippen LogP contribution in [0, 0.1) is 0 Å². The number of ether oxygens (including phenoxy) is 1. The van der Waals surface area contributed by atoms with Crippen LogP contribution in [0.5, 0.6) is 0 Å². The Kier molecular flexibility index (Phi) is 5.81. The van der Waals surface area contributed by atoms with Crippen molar-refractivity contribution >= 4 is 52.2 Å². The number of esters is 1. The third-order valence-corrected chi connectivity index (χ3v) is 4.87. The van der Waals surface area contributed by atoms with Gasteiger partial charge in [0.2, 0.25) is 0 Å². The molecule has 0 amide bonds. The van der Waals surface area contributed by atoms with E-state index in [-0.39, 0.29) is 6.61 Å². The number of thiocarbonyl (C=S) groups is 1. The first-order valence-corrected chi connectivity index (χ1v) is 9.17. The van der Waals surface area contributed by atoms with Crippen LogP contribution in [0.25, 0.3) is 5.70 Å². The number of hydrogen-bond acceptors (Lipinski definition) is 3. The van der Waals surface area contributed by atoms with Gasteiger partial charge in [-0.15, -0.1) is 0 Å². The number of carbonyl (C=O) groups excluding carboxylic acids is 1. The molecule has 2 aromatic carbocycles. The molecular formula is C19H16Cl2N2O2S. The van der Waals surface area contributed by atoms with Crippen LogP contribution in [0.2, 0.25) is 10.0 Å². The second kappa shape index (κ2) is 8.08. The van der Waals surface area contributed by atoms with Gasteiger partial charge in [0.25, 0.3) is 0 Å². The zero-order chi connectivity index (χ0) is 18.7. The Bertz CT molecular complexity index is 884. The SMILES string of the molecule is CCOC(=O)C1=C(c2ccccc2)NC(=S)N[C@@H]1c1ccc(Cl)c(Cl)c1. The number of benzene rings is 2. The highest BCUT2D eigenvalue weighted by molar-refractivity contribution is 7.80. The van der Waals surface area contributed by atoms with Crippen molar-refractivity contribution < 1.29 is 9.53 Å². The molecule has 0 unspecified atom stereocenters. The molecule has 0 saturated carbocycles. The van der Waals surface area contributed by atoms with Crippen molar-refractivity contribution in [2.75, 3.05) is 6.61 Å². The van der Waals surface area contributed by atoms with Gasteiger partial charge in [-0.05, 0) is 42.4 Å². The van der Waals surface area contributed by atoms with Crippen LogP contribution < -0.4 is 10.6 Å². The first-order chi connectivity index (χ1) is 12.5. The van der Waals surface area contributed by atoms with Crippen LogP contribution in [-0.2, 0) is 9.53 Å². The van der Waals surface area contributed by atoms with E-state index in [9.17, 15) is 4.79 Å². The highest BCUT2D eigenvalue weighted by atomic mass is 35.5. The predicted molar refractivity (Wildman–Crippen MR) is 108 cm³/mol. The van der Waals surface area contributed by atoms with Gasteiger partial charge in [0.05, 0.1) is 34.0 Å². The molecule has 7 heteroatoms. The molecule has 0 spiro atoms. The molecule has 0 aliphatic carbocycles. The number of nitrogens with one attached hydrogen (secondary N) is 2. The second-order valence-corrected chi connectivity index (χ2v) is 6.80. The van der Waals surface area contributed by atoms with E-state index in [4.69, 9.17) is 40.2 Å². The second-order valence-electron chi connectivity index (χ2n) is 5.58. The van der Waals surface area contributed by atoms with Gasteiger partial charge in [0.1, 0.15) is 0 Å². The van der Waals surface area contributed by atoms with Crippen LogP contribution in [-0.4, -0.2) is 17.7 Å². The molecule has 26 heavy (non-hydrogen) atoms. The van der Waals surface area contributed by atoms with Crippen molar-refractivity contribution in [2.45, 2.75) is 13.0 Å². The minimum atomic E-state index is -0.507. The zero-order valence-electron chi connectivity index (χ0n) is 13.9. The van der Waals surface area contributed by atoms with E-state index < -0.39 is 12.0 Å². The molecule has 3 rings (SSSR count). The molecule has 2 N–H and O–H groups in total. The number of rotatable bonds is 4. The highest BCUT2D eigenvalue weighted by Gasteiger charge is 2.33. The van der Waals surface area contributed by atoms with Gasteiger partial charge in [0, 0.05) is 0 Å². The first-order valence-electron chi connectivity index (χ1n) is 8.00. The molecule has 0 saturated heterocycles. The number of hydrogen-bond donors (Lipinski definition) is 2. The summed E-state index contributed by atoms with van der Waals surface area (Å²) in [6.45, 7) is 2.03. The van der Waals surface area contributed by atoms with Crippen molar-refractivity contribution in [2.24, 2.45) is 0 Å². The lowest BCUT2D eigenvalue weighted by molar-refractivity contribution is -0.138. The molecule has 2 aromatic rings. The Morgan fingerprint density at radius 1 is 1.15 bits per heavy atom. The van der Waals surface area contributed by atoms with Crippen LogP contribution in [0.1, 0.15) is 24.1 Å². The molecule has 0 radical (unpaired) electrons. The average Bonchev–Trinajstić information content (AvgIpc) is 2.64. The highest BCUT2D eigenvalue weighted by Crippen LogP contribution is 2.34. The van der Waals surface area contributed by atoms with Crippen molar-refractivity contribution in [3.8, 4) is 0 Å². The van der Waals surface area contributed by atoms with E-state index >= 15 is 0 Å². The summed E-state index contributed by atoms with van der Waals surface area (Å²) in [5.41, 5.74) is 2.65. The normalized spacial score (nSPS) is 16.7. The first kappa shape index (κ1) is 18.7. The van der Waals surface area contributed by atoms with E-state index in [1.54, 1.807) is 19.1 Å². The number of carbonyl (C=O) groups is 1. The minimum Gasteiger partial charge on any atom is -0.463 e. The van der Waals surface area contributed by atoms with Gasteiger partial charge < -0.3 is 15.4 Å². The van der Waals surface area contributed by atoms with Crippen molar-refractivity contribution in [1.29, 1.82) is 0 Å². The van der Waals surface area contributed by atoms with E-state index in [0.29, 0.717) is 26.4 Å². The smallest absolute Gasteiger partial charge is 0.338 e. The fourth-order valence-corrected chi connectivity index (χ4v) is 3.29. The molecular weight excluding hydrogens is 391 g/mol. The van der Waals surface area contributed by atoms with Crippen molar-refractivity contribution in [3.63, 3.8) is 0 Å². The summed E-state index contributed by atoms with van der Waals surface area (Å²) in [5, 5.41) is 7.47. The summed E-state index contributed by atoms with van der Waals surface area (Å²) < 4.78 is 5.29. The van der Waals surface area contributed by atoms with Crippen LogP contribution in [0.3, 0.4) is 0 Å². The lowest BCUT2D eigenvalue weighted by Crippen LogP contribution is -2.45. The van der Waals surface area contributed by atoms with E-state index in [0.717, 1.165) is 11.1 Å². The standard InChI is InChI=1S/C19H16Cl2N2O2S/c1-2-25-18(24)15-16(11-6-4-3-5-7-11)22-19(26)23-17(15)12-8-9-13(20)14(21)10-12/h3-10,17H,2H2,1H3,(H2,22,23,26)/t17-/m1/s1. The fraction of sp³-hybridized carbons (Fsp3) is 0.158. The summed E-state index contributed by atoms with van der Waals surface area (Å²) in [6, 6.07) is 14.2. The van der Waals surface area contributed by atoms with E-state index in [2.05, 4.69) is 10.6 Å². The van der Waals surface area contributed by atoms with Crippen LogP contribution >= 0.6 is 35.4 Å².